The monoisotopic (exact) mass is 422 g/mol. The van der Waals surface area contributed by atoms with E-state index in [0.717, 1.165) is 10.2 Å². The summed E-state index contributed by atoms with van der Waals surface area (Å²) in [6, 6.07) is 19.1. The van der Waals surface area contributed by atoms with E-state index in [1.165, 1.54) is 11.3 Å². The Morgan fingerprint density at radius 1 is 1.03 bits per heavy atom. The van der Waals surface area contributed by atoms with Crippen LogP contribution < -0.4 is 10.1 Å². The number of benzene rings is 3. The first kappa shape index (κ1) is 19.1. The van der Waals surface area contributed by atoms with E-state index in [1.54, 1.807) is 54.0 Å². The second kappa shape index (κ2) is 8.43. The van der Waals surface area contributed by atoms with Crippen LogP contribution in [0.15, 0.2) is 72.2 Å². The topological polar surface area (TPSA) is 68.3 Å². The highest BCUT2D eigenvalue weighted by molar-refractivity contribution is 7.16. The summed E-state index contributed by atoms with van der Waals surface area (Å²) >= 11 is 7.57. The summed E-state index contributed by atoms with van der Waals surface area (Å²) in [5.74, 6) is -0.252. The molecule has 7 heteroatoms. The summed E-state index contributed by atoms with van der Waals surface area (Å²) in [6.07, 6.45) is 0. The van der Waals surface area contributed by atoms with Crippen molar-refractivity contribution in [2.24, 2.45) is 0 Å². The van der Waals surface area contributed by atoms with Crippen LogP contribution in [-0.4, -0.2) is 23.3 Å². The van der Waals surface area contributed by atoms with Gasteiger partial charge in [-0.05, 0) is 36.4 Å². The molecule has 0 atom stereocenters. The molecule has 1 heterocycles. The minimum Gasteiger partial charge on any atom is -0.483 e. The number of nitrogens with zero attached hydrogens (tertiary/aromatic N) is 1. The number of hydrogen-bond acceptors (Lipinski definition) is 5. The lowest BCUT2D eigenvalue weighted by Crippen LogP contribution is -2.21. The molecule has 1 N–H and O–H groups in total. The number of anilines is 1. The first-order chi connectivity index (χ1) is 14.1. The number of nitrogens with one attached hydrogen (secondary N) is 1. The molecule has 1 amide bonds. The summed E-state index contributed by atoms with van der Waals surface area (Å²) in [4.78, 5) is 29.3. The molecule has 0 saturated carbocycles. The van der Waals surface area contributed by atoms with E-state index in [4.69, 9.17) is 16.3 Å². The Hall–Kier alpha value is -3.22. The van der Waals surface area contributed by atoms with E-state index < -0.39 is 0 Å². The van der Waals surface area contributed by atoms with E-state index in [1.807, 2.05) is 18.2 Å². The Bertz CT molecular complexity index is 1190. The lowest BCUT2D eigenvalue weighted by Gasteiger charge is -2.12. The van der Waals surface area contributed by atoms with Crippen molar-refractivity contribution in [1.82, 2.24) is 4.98 Å². The largest absolute Gasteiger partial charge is 0.483 e. The van der Waals surface area contributed by atoms with Crippen LogP contribution in [0.1, 0.15) is 15.9 Å². The van der Waals surface area contributed by atoms with Gasteiger partial charge in [-0.15, -0.1) is 11.3 Å². The number of thiazole rings is 1. The Labute approximate surface area is 175 Å². The van der Waals surface area contributed by atoms with E-state index >= 15 is 0 Å². The number of carbonyl (C=O) groups is 2. The molecular weight excluding hydrogens is 408 g/mol. The molecule has 5 nitrogen and oxygen atoms in total. The highest BCUT2D eigenvalue weighted by Crippen LogP contribution is 2.26. The molecule has 0 saturated heterocycles. The zero-order valence-corrected chi connectivity index (χ0v) is 16.7. The predicted octanol–water partition coefficient (Wildman–Crippen LogP) is 5.20. The number of fused-ring (bicyclic) bond motifs is 1. The second-order valence-corrected chi connectivity index (χ2v) is 7.53. The zero-order valence-electron chi connectivity index (χ0n) is 15.1. The molecule has 3 aromatic carbocycles. The van der Waals surface area contributed by atoms with Crippen molar-refractivity contribution in [1.29, 1.82) is 0 Å². The maximum absolute atomic E-state index is 12.8. The van der Waals surface area contributed by atoms with E-state index in [9.17, 15) is 9.59 Å². The van der Waals surface area contributed by atoms with Gasteiger partial charge >= 0.3 is 0 Å². The molecule has 4 rings (SSSR count). The number of hydrogen-bond donors (Lipinski definition) is 1. The Morgan fingerprint density at radius 3 is 2.69 bits per heavy atom. The minimum absolute atomic E-state index is 0.223. The quantitative estimate of drug-likeness (QED) is 0.434. The van der Waals surface area contributed by atoms with Gasteiger partial charge in [-0.25, -0.2) is 4.98 Å². The van der Waals surface area contributed by atoms with E-state index in [-0.39, 0.29) is 18.3 Å². The lowest BCUT2D eigenvalue weighted by atomic mass is 10.0. The molecule has 0 aliphatic rings. The van der Waals surface area contributed by atoms with Crippen molar-refractivity contribution in [3.05, 3.63) is 88.4 Å². The van der Waals surface area contributed by atoms with Crippen LogP contribution in [-0.2, 0) is 4.79 Å². The highest BCUT2D eigenvalue weighted by atomic mass is 35.5. The summed E-state index contributed by atoms with van der Waals surface area (Å²) in [7, 11) is 0. The number of carbonyl (C=O) groups excluding carboxylic acids is 2. The van der Waals surface area contributed by atoms with Crippen LogP contribution in [0, 0.1) is 0 Å². The van der Waals surface area contributed by atoms with Crippen molar-refractivity contribution < 1.29 is 14.3 Å². The summed E-state index contributed by atoms with van der Waals surface area (Å²) < 4.78 is 6.62. The number of aromatic nitrogens is 1. The number of ether oxygens (including phenoxy) is 1. The van der Waals surface area contributed by atoms with Crippen LogP contribution in [0.3, 0.4) is 0 Å². The Balaban J connectivity index is 1.47. The van der Waals surface area contributed by atoms with Crippen molar-refractivity contribution >= 4 is 50.5 Å². The van der Waals surface area contributed by atoms with Gasteiger partial charge in [-0.2, -0.15) is 0 Å². The summed E-state index contributed by atoms with van der Waals surface area (Å²) in [6.45, 7) is -0.239. The summed E-state index contributed by atoms with van der Waals surface area (Å²) in [5.41, 5.74) is 4.12. The van der Waals surface area contributed by atoms with Gasteiger partial charge in [-0.3, -0.25) is 9.59 Å². The van der Waals surface area contributed by atoms with Gasteiger partial charge in [-0.1, -0.05) is 41.9 Å². The number of rotatable bonds is 6. The fourth-order valence-corrected chi connectivity index (χ4v) is 3.71. The van der Waals surface area contributed by atoms with Gasteiger partial charge in [0.15, 0.2) is 12.4 Å². The van der Waals surface area contributed by atoms with Crippen molar-refractivity contribution in [3.8, 4) is 5.75 Å². The Kier molecular flexibility index (Phi) is 5.55. The van der Waals surface area contributed by atoms with Crippen LogP contribution in [0.25, 0.3) is 10.2 Å². The second-order valence-electron chi connectivity index (χ2n) is 6.21. The molecule has 0 bridgehead atoms. The van der Waals surface area contributed by atoms with Gasteiger partial charge in [0.2, 0.25) is 0 Å². The normalized spacial score (nSPS) is 10.7. The molecule has 0 fully saturated rings. The predicted molar refractivity (Wildman–Crippen MR) is 115 cm³/mol. The van der Waals surface area contributed by atoms with Gasteiger partial charge in [0, 0.05) is 16.3 Å². The van der Waals surface area contributed by atoms with E-state index in [2.05, 4.69) is 10.3 Å². The molecule has 0 aliphatic heterocycles. The number of ketones is 1. The third-order valence-corrected chi connectivity index (χ3v) is 5.22. The molecule has 1 aromatic heterocycles. The molecule has 0 spiro atoms. The SMILES string of the molecule is O=C(COc1ccc(Cl)cc1C(=O)c1ccccc1)Nc1ccc2ncsc2c1. The van der Waals surface area contributed by atoms with Crippen LogP contribution in [0.5, 0.6) is 5.75 Å². The molecule has 0 radical (unpaired) electrons. The molecule has 29 heavy (non-hydrogen) atoms. The summed E-state index contributed by atoms with van der Waals surface area (Å²) in [5, 5.41) is 3.21. The van der Waals surface area contributed by atoms with Gasteiger partial charge in [0.05, 0.1) is 21.3 Å². The maximum Gasteiger partial charge on any atom is 0.262 e. The van der Waals surface area contributed by atoms with Gasteiger partial charge < -0.3 is 10.1 Å². The first-order valence-corrected chi connectivity index (χ1v) is 10.0. The van der Waals surface area contributed by atoms with Crippen molar-refractivity contribution in [2.75, 3.05) is 11.9 Å². The number of amides is 1. The standard InChI is InChI=1S/C22H15ClN2O3S/c23-15-6-9-19(17(10-15)22(27)14-4-2-1-3-5-14)28-12-21(26)25-16-7-8-18-20(11-16)29-13-24-18/h1-11,13H,12H2,(H,25,26). The van der Waals surface area contributed by atoms with Crippen molar-refractivity contribution in [2.45, 2.75) is 0 Å². The molecule has 144 valence electrons. The van der Waals surface area contributed by atoms with Gasteiger partial charge in [0.25, 0.3) is 5.91 Å². The fraction of sp³-hybridized carbons (Fsp3) is 0.0455. The maximum atomic E-state index is 12.8. The molecule has 0 aliphatic carbocycles. The van der Waals surface area contributed by atoms with Crippen LogP contribution in [0.2, 0.25) is 5.02 Å². The third kappa shape index (κ3) is 4.45. The zero-order chi connectivity index (χ0) is 20.2. The van der Waals surface area contributed by atoms with Gasteiger partial charge in [0.1, 0.15) is 5.75 Å². The minimum atomic E-state index is -0.332. The van der Waals surface area contributed by atoms with Crippen LogP contribution >= 0.6 is 22.9 Å². The molecular formula is C22H15ClN2O3S. The Morgan fingerprint density at radius 2 is 1.86 bits per heavy atom. The number of halogens is 1. The molecule has 0 unspecified atom stereocenters. The highest BCUT2D eigenvalue weighted by Gasteiger charge is 2.16. The lowest BCUT2D eigenvalue weighted by molar-refractivity contribution is -0.118. The van der Waals surface area contributed by atoms with Crippen LogP contribution in [0.4, 0.5) is 5.69 Å². The fourth-order valence-electron chi connectivity index (χ4n) is 2.82. The first-order valence-electron chi connectivity index (χ1n) is 8.75. The van der Waals surface area contributed by atoms with E-state index in [0.29, 0.717) is 27.6 Å². The smallest absolute Gasteiger partial charge is 0.262 e. The average molecular weight is 423 g/mol. The van der Waals surface area contributed by atoms with Crippen molar-refractivity contribution in [3.63, 3.8) is 0 Å². The third-order valence-electron chi connectivity index (χ3n) is 4.20. The molecule has 4 aromatic rings. The average Bonchev–Trinajstić information content (AvgIpc) is 3.21.